The smallest absolute Gasteiger partial charge is 0.181 e. The number of amidine groups is 1. The molecule has 0 bridgehead atoms. The van der Waals surface area contributed by atoms with Gasteiger partial charge in [-0.05, 0) is 57.3 Å². The number of aliphatic hydroxyl groups is 1. The molecule has 5 N–H and O–H groups in total. The number of nitrogens with one attached hydrogen (secondary N) is 4. The Kier molecular flexibility index (Phi) is 10.4. The van der Waals surface area contributed by atoms with E-state index in [9.17, 15) is 9.50 Å². The zero-order valence-corrected chi connectivity index (χ0v) is 21.5. The number of aromatic nitrogens is 3. The van der Waals surface area contributed by atoms with Crippen molar-refractivity contribution in [3.8, 4) is 0 Å². The highest BCUT2D eigenvalue weighted by atomic mass is 19.1. The van der Waals surface area contributed by atoms with Crippen LogP contribution in [-0.4, -0.2) is 76.8 Å². The van der Waals surface area contributed by atoms with Crippen LogP contribution in [-0.2, 0) is 4.74 Å². The fraction of sp³-hybridized carbons (Fsp3) is 0.346. The highest BCUT2D eigenvalue weighted by Crippen LogP contribution is 2.14. The zero-order chi connectivity index (χ0) is 26.6. The second-order valence-electron chi connectivity index (χ2n) is 8.48. The molecule has 1 saturated heterocycles. The largest absolute Gasteiger partial charge is 0.469 e. The molecule has 0 saturated carbocycles. The summed E-state index contributed by atoms with van der Waals surface area (Å²) in [7, 11) is 0. The van der Waals surface area contributed by atoms with Gasteiger partial charge in [-0.1, -0.05) is 6.08 Å². The van der Waals surface area contributed by atoms with Gasteiger partial charge in [0, 0.05) is 49.2 Å². The highest BCUT2D eigenvalue weighted by molar-refractivity contribution is 5.94. The van der Waals surface area contributed by atoms with Gasteiger partial charge in [0.05, 0.1) is 12.3 Å². The summed E-state index contributed by atoms with van der Waals surface area (Å²) in [5, 5.41) is 23.1. The Morgan fingerprint density at radius 1 is 1.38 bits per heavy atom. The van der Waals surface area contributed by atoms with Gasteiger partial charge in [0.2, 0.25) is 0 Å². The standard InChI is InChI=1S/C26H35FN8O2/c1-5-6-20-12-25(34-33-20)32-24(28-4)13-26(35-10-9-29-21(15-35)16-36)30-17-37-22(14-27)7-8-23-18(2)11-19(3)31-23/h5-8,11-14,21,29,31,36H,4,9-10,15-17H2,1-3H3,(H2,32,33,34)/b6-5+,8-7-,22-14-,24-13+,30-26+. The van der Waals surface area contributed by atoms with Gasteiger partial charge in [-0.2, -0.15) is 5.10 Å². The van der Waals surface area contributed by atoms with E-state index in [0.717, 1.165) is 22.6 Å². The lowest BCUT2D eigenvalue weighted by Gasteiger charge is -2.34. The Morgan fingerprint density at radius 2 is 2.22 bits per heavy atom. The predicted molar refractivity (Wildman–Crippen MR) is 147 cm³/mol. The first kappa shape index (κ1) is 27.6. The first-order valence-electron chi connectivity index (χ1n) is 12.0. The van der Waals surface area contributed by atoms with Gasteiger partial charge in [0.25, 0.3) is 0 Å². The predicted octanol–water partition coefficient (Wildman–Crippen LogP) is 3.50. The van der Waals surface area contributed by atoms with Crippen molar-refractivity contribution in [2.24, 2.45) is 9.98 Å². The van der Waals surface area contributed by atoms with Crippen LogP contribution in [0.5, 0.6) is 0 Å². The molecule has 1 aliphatic rings. The Bertz CT molecular complexity index is 1190. The van der Waals surface area contributed by atoms with E-state index in [0.29, 0.717) is 43.4 Å². The number of nitrogens with zero attached hydrogens (tertiary/aromatic N) is 4. The number of halogens is 1. The van der Waals surface area contributed by atoms with Crippen LogP contribution in [0.1, 0.15) is 29.6 Å². The minimum atomic E-state index is -0.124. The fourth-order valence-corrected chi connectivity index (χ4v) is 3.81. The molecule has 3 rings (SSSR count). The van der Waals surface area contributed by atoms with Gasteiger partial charge >= 0.3 is 0 Å². The number of H-pyrrole nitrogens is 2. The maximum atomic E-state index is 13.5. The summed E-state index contributed by atoms with van der Waals surface area (Å²) in [6.07, 6.45) is 9.23. The molecular weight excluding hydrogens is 475 g/mol. The number of hydrogen-bond donors (Lipinski definition) is 5. The van der Waals surface area contributed by atoms with Crippen LogP contribution < -0.4 is 10.6 Å². The summed E-state index contributed by atoms with van der Waals surface area (Å²) >= 11 is 0. The molecule has 2 aromatic rings. The SMILES string of the molecule is C=N/C(=C\C(=N/COC(/C=C\c1[nH]c(C)cc1C)=C\F)N1CCNC(CO)C1)Nc1cc(/C=C/C)[nH]n1. The number of piperazine rings is 1. The second-order valence-corrected chi connectivity index (χ2v) is 8.48. The molecule has 1 unspecified atom stereocenters. The Labute approximate surface area is 216 Å². The molecule has 1 aliphatic heterocycles. The topological polar surface area (TPSA) is 126 Å². The molecule has 3 heterocycles. The summed E-state index contributed by atoms with van der Waals surface area (Å²) in [4.78, 5) is 13.9. The molecule has 1 fully saturated rings. The quantitative estimate of drug-likeness (QED) is 0.136. The van der Waals surface area contributed by atoms with E-state index in [2.05, 4.69) is 42.5 Å². The number of aromatic amines is 2. The summed E-state index contributed by atoms with van der Waals surface area (Å²) in [5.74, 6) is 1.59. The molecular formula is C26H35FN8O2. The lowest BCUT2D eigenvalue weighted by atomic mass is 10.2. The highest BCUT2D eigenvalue weighted by Gasteiger charge is 2.21. The van der Waals surface area contributed by atoms with Crippen molar-refractivity contribution in [2.45, 2.75) is 26.8 Å². The molecule has 0 aliphatic carbocycles. The average Bonchev–Trinajstić information content (AvgIpc) is 3.49. The number of aryl methyl sites for hydroxylation is 2. The van der Waals surface area contributed by atoms with Gasteiger partial charge in [-0.25, -0.2) is 14.4 Å². The normalized spacial score (nSPS) is 17.7. The van der Waals surface area contributed by atoms with E-state index in [-0.39, 0.29) is 25.1 Å². The van der Waals surface area contributed by atoms with Crippen molar-refractivity contribution in [3.05, 3.63) is 70.9 Å². The number of allylic oxidation sites excluding steroid dienone is 2. The number of aliphatic hydroxyl groups excluding tert-OH is 1. The molecule has 0 spiro atoms. The Morgan fingerprint density at radius 3 is 2.89 bits per heavy atom. The summed E-state index contributed by atoms with van der Waals surface area (Å²) < 4.78 is 19.1. The van der Waals surface area contributed by atoms with E-state index in [4.69, 9.17) is 4.74 Å². The van der Waals surface area contributed by atoms with Crippen LogP contribution in [0, 0.1) is 13.8 Å². The number of hydrogen-bond acceptors (Lipinski definition) is 7. The van der Waals surface area contributed by atoms with Crippen LogP contribution in [0.15, 0.2) is 58.3 Å². The molecule has 11 heteroatoms. The van der Waals surface area contributed by atoms with Crippen molar-refractivity contribution >= 4 is 30.5 Å². The first-order valence-corrected chi connectivity index (χ1v) is 12.0. The summed E-state index contributed by atoms with van der Waals surface area (Å²) in [6.45, 7) is 11.2. The van der Waals surface area contributed by atoms with Crippen molar-refractivity contribution in [2.75, 3.05) is 38.3 Å². The molecule has 0 aromatic carbocycles. The van der Waals surface area contributed by atoms with Crippen LogP contribution in [0.2, 0.25) is 0 Å². The van der Waals surface area contributed by atoms with Crippen molar-refractivity contribution < 1.29 is 14.2 Å². The van der Waals surface area contributed by atoms with Crippen LogP contribution >= 0.6 is 0 Å². The lowest BCUT2D eigenvalue weighted by molar-refractivity contribution is 0.189. The molecule has 198 valence electrons. The molecule has 0 amide bonds. The molecule has 2 aromatic heterocycles. The van der Waals surface area contributed by atoms with E-state index in [1.807, 2.05) is 50.0 Å². The van der Waals surface area contributed by atoms with E-state index in [1.165, 1.54) is 0 Å². The van der Waals surface area contributed by atoms with Gasteiger partial charge in [-0.3, -0.25) is 5.10 Å². The van der Waals surface area contributed by atoms with Gasteiger partial charge in [-0.15, -0.1) is 0 Å². The third-order valence-electron chi connectivity index (χ3n) is 5.61. The monoisotopic (exact) mass is 510 g/mol. The number of rotatable bonds is 11. The Balaban J connectivity index is 1.77. The maximum absolute atomic E-state index is 13.5. The molecule has 1 atom stereocenters. The van der Waals surface area contributed by atoms with Crippen molar-refractivity contribution in [1.82, 2.24) is 25.4 Å². The van der Waals surface area contributed by atoms with E-state index >= 15 is 0 Å². The van der Waals surface area contributed by atoms with Gasteiger partial charge in [0.1, 0.15) is 23.7 Å². The number of aliphatic imine (C=N–C) groups is 2. The lowest BCUT2D eigenvalue weighted by Crippen LogP contribution is -2.53. The van der Waals surface area contributed by atoms with Gasteiger partial charge in [0.15, 0.2) is 12.5 Å². The summed E-state index contributed by atoms with van der Waals surface area (Å²) in [6, 6.07) is 3.75. The van der Waals surface area contributed by atoms with Crippen LogP contribution in [0.25, 0.3) is 12.2 Å². The van der Waals surface area contributed by atoms with Crippen molar-refractivity contribution in [1.29, 1.82) is 0 Å². The van der Waals surface area contributed by atoms with Gasteiger partial charge < -0.3 is 30.4 Å². The van der Waals surface area contributed by atoms with E-state index < -0.39 is 0 Å². The summed E-state index contributed by atoms with van der Waals surface area (Å²) in [5.41, 5.74) is 3.80. The number of ether oxygens (including phenoxy) is 1. The fourth-order valence-electron chi connectivity index (χ4n) is 3.81. The van der Waals surface area contributed by atoms with Crippen LogP contribution in [0.4, 0.5) is 10.2 Å². The maximum Gasteiger partial charge on any atom is 0.181 e. The van der Waals surface area contributed by atoms with Crippen molar-refractivity contribution in [3.63, 3.8) is 0 Å². The molecule has 10 nitrogen and oxygen atoms in total. The Hall–Kier alpha value is -3.96. The average molecular weight is 511 g/mol. The van der Waals surface area contributed by atoms with Crippen LogP contribution in [0.3, 0.4) is 0 Å². The minimum Gasteiger partial charge on any atom is -0.469 e. The second kappa shape index (κ2) is 14.0. The zero-order valence-electron chi connectivity index (χ0n) is 21.5. The van der Waals surface area contributed by atoms with E-state index in [1.54, 1.807) is 18.2 Å². The first-order chi connectivity index (χ1) is 17.9. The molecule has 0 radical (unpaired) electrons. The minimum absolute atomic E-state index is 0.00697. The third-order valence-corrected chi connectivity index (χ3v) is 5.61. The number of anilines is 1. The third kappa shape index (κ3) is 8.29. The molecule has 37 heavy (non-hydrogen) atoms.